The van der Waals surface area contributed by atoms with Crippen molar-refractivity contribution in [2.75, 3.05) is 0 Å². The van der Waals surface area contributed by atoms with Crippen molar-refractivity contribution in [3.63, 3.8) is 0 Å². The monoisotopic (exact) mass is 225 g/mol. The van der Waals surface area contributed by atoms with E-state index in [9.17, 15) is 8.42 Å². The second-order valence-electron chi connectivity index (χ2n) is 4.34. The van der Waals surface area contributed by atoms with Gasteiger partial charge in [0.2, 0.25) is 10.0 Å². The van der Waals surface area contributed by atoms with E-state index in [1.165, 1.54) is 0 Å². The van der Waals surface area contributed by atoms with E-state index in [0.29, 0.717) is 10.8 Å². The van der Waals surface area contributed by atoms with Crippen LogP contribution in [0, 0.1) is 5.92 Å². The Bertz CT molecular complexity index is 465. The number of hydrogen-bond acceptors (Lipinski definition) is 2. The number of benzene rings is 1. The molecule has 0 saturated heterocycles. The number of fused-ring (bicyclic) bond motifs is 1. The molecule has 0 aromatic heterocycles. The largest absolute Gasteiger partial charge is 0.241 e. The van der Waals surface area contributed by atoms with Crippen LogP contribution in [0.15, 0.2) is 29.2 Å². The van der Waals surface area contributed by atoms with Crippen molar-refractivity contribution in [3.05, 3.63) is 29.8 Å². The number of rotatable bonds is 2. The van der Waals surface area contributed by atoms with Crippen LogP contribution in [0.5, 0.6) is 0 Å². The zero-order chi connectivity index (χ0) is 11.1. The Balaban J connectivity index is 2.43. The first-order valence-electron chi connectivity index (χ1n) is 5.12. The fourth-order valence-corrected chi connectivity index (χ4v) is 3.48. The Morgan fingerprint density at radius 1 is 1.33 bits per heavy atom. The first-order chi connectivity index (χ1) is 7.00. The van der Waals surface area contributed by atoms with Crippen molar-refractivity contribution in [3.8, 4) is 0 Å². The van der Waals surface area contributed by atoms with Gasteiger partial charge in [-0.25, -0.2) is 13.1 Å². The first-order valence-corrected chi connectivity index (χ1v) is 6.60. The molecule has 1 aromatic rings. The number of hydrogen-bond donors (Lipinski definition) is 1. The lowest BCUT2D eigenvalue weighted by molar-refractivity contribution is 0.484. The Morgan fingerprint density at radius 3 is 2.67 bits per heavy atom. The van der Waals surface area contributed by atoms with Gasteiger partial charge in [-0.3, -0.25) is 0 Å². The highest BCUT2D eigenvalue weighted by atomic mass is 32.2. The van der Waals surface area contributed by atoms with E-state index in [-0.39, 0.29) is 6.04 Å². The van der Waals surface area contributed by atoms with Crippen LogP contribution in [0.1, 0.15) is 31.9 Å². The standard InChI is InChI=1S/C11H15NO2S/c1-8(2)7-10-9-5-3-4-6-11(9)15(13,14)12-10/h3-6,8,10,12H,7H2,1-2H3. The van der Waals surface area contributed by atoms with Gasteiger partial charge >= 0.3 is 0 Å². The maximum absolute atomic E-state index is 11.7. The fraction of sp³-hybridized carbons (Fsp3) is 0.455. The van der Waals surface area contributed by atoms with E-state index >= 15 is 0 Å². The molecule has 1 N–H and O–H groups in total. The van der Waals surface area contributed by atoms with Gasteiger partial charge in [-0.05, 0) is 24.0 Å². The quantitative estimate of drug-likeness (QED) is 0.837. The summed E-state index contributed by atoms with van der Waals surface area (Å²) < 4.78 is 26.2. The minimum atomic E-state index is -3.25. The summed E-state index contributed by atoms with van der Waals surface area (Å²) in [5.74, 6) is 0.476. The Hall–Kier alpha value is -0.870. The van der Waals surface area contributed by atoms with Crippen molar-refractivity contribution >= 4 is 10.0 Å². The van der Waals surface area contributed by atoms with Gasteiger partial charge in [0.25, 0.3) is 0 Å². The van der Waals surface area contributed by atoms with Gasteiger partial charge in [0.1, 0.15) is 0 Å². The number of sulfonamides is 1. The van der Waals surface area contributed by atoms with Gasteiger partial charge in [-0.15, -0.1) is 0 Å². The second kappa shape index (κ2) is 3.61. The third kappa shape index (κ3) is 1.92. The van der Waals surface area contributed by atoms with Crippen molar-refractivity contribution in [1.82, 2.24) is 4.72 Å². The van der Waals surface area contributed by atoms with Gasteiger partial charge < -0.3 is 0 Å². The molecule has 0 bridgehead atoms. The molecule has 4 heteroatoms. The van der Waals surface area contributed by atoms with Gasteiger partial charge in [0, 0.05) is 6.04 Å². The summed E-state index contributed by atoms with van der Waals surface area (Å²) in [7, 11) is -3.25. The van der Waals surface area contributed by atoms with Crippen LogP contribution in [0.4, 0.5) is 0 Å². The predicted molar refractivity (Wildman–Crippen MR) is 59.0 cm³/mol. The van der Waals surface area contributed by atoms with Crippen LogP contribution in [0.25, 0.3) is 0 Å². The minimum absolute atomic E-state index is 0.0498. The van der Waals surface area contributed by atoms with Crippen LogP contribution in [0.3, 0.4) is 0 Å². The summed E-state index contributed by atoms with van der Waals surface area (Å²) in [4.78, 5) is 0.440. The van der Waals surface area contributed by atoms with Crippen LogP contribution < -0.4 is 4.72 Å². The summed E-state index contributed by atoms with van der Waals surface area (Å²) in [6.07, 6.45) is 0.843. The molecule has 1 aliphatic rings. The van der Waals surface area contributed by atoms with Crippen molar-refractivity contribution < 1.29 is 8.42 Å². The molecule has 1 aliphatic heterocycles. The molecule has 0 aliphatic carbocycles. The smallest absolute Gasteiger partial charge is 0.207 e. The molecule has 82 valence electrons. The molecule has 1 aromatic carbocycles. The molecule has 2 rings (SSSR count). The lowest BCUT2D eigenvalue weighted by Gasteiger charge is -2.12. The molecular weight excluding hydrogens is 210 g/mol. The highest BCUT2D eigenvalue weighted by Gasteiger charge is 2.33. The molecule has 0 amide bonds. The summed E-state index contributed by atoms with van der Waals surface area (Å²) in [6.45, 7) is 4.18. The van der Waals surface area contributed by atoms with Crippen molar-refractivity contribution in [2.24, 2.45) is 5.92 Å². The molecule has 0 fully saturated rings. The summed E-state index contributed by atoms with van der Waals surface area (Å²) in [5.41, 5.74) is 0.909. The zero-order valence-corrected chi connectivity index (χ0v) is 9.71. The van der Waals surface area contributed by atoms with E-state index < -0.39 is 10.0 Å². The normalized spacial score (nSPS) is 23.0. The van der Waals surface area contributed by atoms with Crippen LogP contribution in [-0.4, -0.2) is 8.42 Å². The average Bonchev–Trinajstić information content (AvgIpc) is 2.39. The maximum atomic E-state index is 11.7. The van der Waals surface area contributed by atoms with E-state index in [2.05, 4.69) is 18.6 Å². The predicted octanol–water partition coefficient (Wildman–Crippen LogP) is 2.07. The maximum Gasteiger partial charge on any atom is 0.241 e. The summed E-state index contributed by atoms with van der Waals surface area (Å²) in [5, 5.41) is 0. The lowest BCUT2D eigenvalue weighted by Crippen LogP contribution is -2.20. The lowest BCUT2D eigenvalue weighted by atomic mass is 9.98. The third-order valence-electron chi connectivity index (χ3n) is 2.59. The van der Waals surface area contributed by atoms with E-state index in [1.807, 2.05) is 12.1 Å². The fourth-order valence-electron chi connectivity index (χ4n) is 1.97. The molecule has 0 saturated carbocycles. The van der Waals surface area contributed by atoms with Gasteiger partial charge in [0.05, 0.1) is 4.90 Å². The second-order valence-corrected chi connectivity index (χ2v) is 6.02. The molecule has 1 unspecified atom stereocenters. The van der Waals surface area contributed by atoms with Crippen molar-refractivity contribution in [2.45, 2.75) is 31.2 Å². The van der Waals surface area contributed by atoms with Gasteiger partial charge in [-0.1, -0.05) is 32.0 Å². The molecular formula is C11H15NO2S. The zero-order valence-electron chi connectivity index (χ0n) is 8.90. The molecule has 3 nitrogen and oxygen atoms in total. The van der Waals surface area contributed by atoms with Gasteiger partial charge in [-0.2, -0.15) is 0 Å². The highest BCUT2D eigenvalue weighted by Crippen LogP contribution is 2.34. The van der Waals surface area contributed by atoms with Gasteiger partial charge in [0.15, 0.2) is 0 Å². The Kier molecular flexibility index (Phi) is 2.56. The topological polar surface area (TPSA) is 46.2 Å². The first kappa shape index (κ1) is 10.6. The number of nitrogens with one attached hydrogen (secondary N) is 1. The highest BCUT2D eigenvalue weighted by molar-refractivity contribution is 7.89. The van der Waals surface area contributed by atoms with E-state index in [4.69, 9.17) is 0 Å². The van der Waals surface area contributed by atoms with Crippen molar-refractivity contribution in [1.29, 1.82) is 0 Å². The van der Waals surface area contributed by atoms with Crippen LogP contribution >= 0.6 is 0 Å². The molecule has 0 radical (unpaired) electrons. The summed E-state index contributed by atoms with van der Waals surface area (Å²) in [6, 6.07) is 7.15. The minimum Gasteiger partial charge on any atom is -0.207 e. The average molecular weight is 225 g/mol. The molecule has 1 heterocycles. The van der Waals surface area contributed by atoms with Crippen LogP contribution in [0.2, 0.25) is 0 Å². The Morgan fingerprint density at radius 2 is 2.00 bits per heavy atom. The third-order valence-corrected chi connectivity index (χ3v) is 4.13. The summed E-state index contributed by atoms with van der Waals surface area (Å²) >= 11 is 0. The molecule has 15 heavy (non-hydrogen) atoms. The van der Waals surface area contributed by atoms with Crippen LogP contribution in [-0.2, 0) is 10.0 Å². The molecule has 1 atom stereocenters. The molecule has 0 spiro atoms. The SMILES string of the molecule is CC(C)CC1NS(=O)(=O)c2ccccc21. The van der Waals surface area contributed by atoms with E-state index in [1.54, 1.807) is 12.1 Å². The Labute approximate surface area is 90.6 Å². The van der Waals surface area contributed by atoms with E-state index in [0.717, 1.165) is 12.0 Å².